The molecule has 3 aromatic rings. The van der Waals surface area contributed by atoms with Crippen LogP contribution in [0.1, 0.15) is 56.4 Å². The first-order chi connectivity index (χ1) is 34.9. The third kappa shape index (κ3) is 15.6. The third-order valence-electron chi connectivity index (χ3n) is 12.7. The number of aliphatic carboxylic acids is 1. The SMILES string of the molecule is CNCC(=O)N[C@@H](CCCN=C(N)N)C(=O)N[C@H](C(=O)N[C@@H](Cc1ccc(O)cc1)C(=O)N1CC2C[C@H]1C(=O)N[C@@H](Cc1cnc[nH]1)C(=O)N1CC(C[C@H]1C(=O)N[C@@H](Cc1ccccc1)C(=O)O)SS2)C(C)C. The number of hydrogen-bond acceptors (Lipinski definition) is 14. The van der Waals surface area contributed by atoms with Crippen LogP contribution in [-0.2, 0) is 57.6 Å². The van der Waals surface area contributed by atoms with Crippen molar-refractivity contribution < 1.29 is 48.6 Å². The smallest absolute Gasteiger partial charge is 0.326 e. The van der Waals surface area contributed by atoms with E-state index in [2.05, 4.69) is 46.9 Å². The molecule has 3 aliphatic rings. The van der Waals surface area contributed by atoms with E-state index in [1.165, 1.54) is 56.0 Å². The minimum Gasteiger partial charge on any atom is -0.508 e. The molecule has 4 bridgehead atoms. The van der Waals surface area contributed by atoms with Crippen molar-refractivity contribution in [2.24, 2.45) is 22.4 Å². The Hall–Kier alpha value is -6.86. The molecule has 13 N–H and O–H groups in total. The van der Waals surface area contributed by atoms with Crippen LogP contribution in [0.15, 0.2) is 72.1 Å². The van der Waals surface area contributed by atoms with Gasteiger partial charge in [0.05, 0.1) is 12.9 Å². The molecule has 0 aliphatic carbocycles. The molecule has 9 atom stereocenters. The molecule has 2 unspecified atom stereocenters. The molecule has 23 nitrogen and oxygen atoms in total. The Kier molecular flexibility index (Phi) is 19.9. The Labute approximate surface area is 430 Å². The summed E-state index contributed by atoms with van der Waals surface area (Å²) in [7, 11) is 4.41. The van der Waals surface area contributed by atoms with Crippen LogP contribution in [-0.4, -0.2) is 169 Å². The number of nitrogens with one attached hydrogen (secondary N) is 7. The number of carboxylic acids is 1. The fourth-order valence-electron chi connectivity index (χ4n) is 8.97. The third-order valence-corrected chi connectivity index (χ3v) is 16.0. The minimum absolute atomic E-state index is 0.0180. The van der Waals surface area contributed by atoms with Gasteiger partial charge in [-0.1, -0.05) is 77.9 Å². The van der Waals surface area contributed by atoms with Gasteiger partial charge in [-0.3, -0.25) is 38.6 Å². The number of aromatic hydroxyl groups is 1. The molecular weight excluding hydrogens is 983 g/mol. The van der Waals surface area contributed by atoms with Crippen molar-refractivity contribution in [1.82, 2.24) is 51.7 Å². The summed E-state index contributed by atoms with van der Waals surface area (Å²) in [6.07, 6.45) is 3.61. The number of phenols is 1. The fraction of sp³-hybridized carbons (Fsp3) is 0.500. The molecule has 7 amide bonds. The molecule has 3 fully saturated rings. The second-order valence-electron chi connectivity index (χ2n) is 18.6. The number of aromatic amines is 1. The number of likely N-dealkylation sites (N-methyl/N-ethyl adjacent to an activating group) is 1. The van der Waals surface area contributed by atoms with Gasteiger partial charge in [0.2, 0.25) is 41.4 Å². The van der Waals surface area contributed by atoms with E-state index in [9.17, 15) is 43.8 Å². The van der Waals surface area contributed by atoms with Gasteiger partial charge in [0.15, 0.2) is 5.96 Å². The zero-order valence-electron chi connectivity index (χ0n) is 40.8. The largest absolute Gasteiger partial charge is 0.508 e. The molecule has 0 radical (unpaired) electrons. The normalized spacial score (nSPS) is 21.3. The van der Waals surface area contributed by atoms with Gasteiger partial charge in [-0.25, -0.2) is 9.78 Å². The average molecular weight is 1050 g/mol. The number of aliphatic imine (C=N–C) groups is 1. The lowest BCUT2D eigenvalue weighted by molar-refractivity contribution is -0.145. The van der Waals surface area contributed by atoms with Crippen molar-refractivity contribution in [3.8, 4) is 5.75 Å². The number of guanidine groups is 1. The number of imidazole rings is 1. The zero-order chi connectivity index (χ0) is 52.8. The summed E-state index contributed by atoms with van der Waals surface area (Å²) >= 11 is 0. The lowest BCUT2D eigenvalue weighted by Gasteiger charge is -2.32. The van der Waals surface area contributed by atoms with Gasteiger partial charge in [-0.2, -0.15) is 0 Å². The van der Waals surface area contributed by atoms with Crippen LogP contribution in [0.4, 0.5) is 0 Å². The summed E-state index contributed by atoms with van der Waals surface area (Å²) in [5.41, 5.74) is 12.7. The van der Waals surface area contributed by atoms with E-state index in [0.29, 0.717) is 23.2 Å². The van der Waals surface area contributed by atoms with Crippen molar-refractivity contribution in [2.75, 3.05) is 33.2 Å². The van der Waals surface area contributed by atoms with Crippen molar-refractivity contribution in [2.45, 2.75) is 112 Å². The summed E-state index contributed by atoms with van der Waals surface area (Å²) in [6, 6.07) is 6.64. The Morgan fingerprint density at radius 3 is 2.19 bits per heavy atom. The Bertz CT molecular complexity index is 2450. The van der Waals surface area contributed by atoms with Crippen LogP contribution in [0, 0.1) is 5.92 Å². The second-order valence-corrected chi connectivity index (χ2v) is 21.5. The van der Waals surface area contributed by atoms with Gasteiger partial charge in [0.1, 0.15) is 48.0 Å². The van der Waals surface area contributed by atoms with Crippen LogP contribution < -0.4 is 43.4 Å². The average Bonchev–Trinajstić information content (AvgIpc) is 4.14. The van der Waals surface area contributed by atoms with Gasteiger partial charge >= 0.3 is 5.97 Å². The van der Waals surface area contributed by atoms with Gasteiger partial charge in [-0.15, -0.1) is 0 Å². The Balaban J connectivity index is 1.25. The molecular formula is C48H65N13O10S2. The summed E-state index contributed by atoms with van der Waals surface area (Å²) in [5.74, 6) is -6.23. The van der Waals surface area contributed by atoms with Crippen molar-refractivity contribution in [3.63, 3.8) is 0 Å². The predicted octanol–water partition coefficient (Wildman–Crippen LogP) is -1.09. The first kappa shape index (κ1) is 55.5. The maximum atomic E-state index is 15.1. The lowest BCUT2D eigenvalue weighted by Crippen LogP contribution is -2.61. The van der Waals surface area contributed by atoms with Crippen LogP contribution in [0.2, 0.25) is 0 Å². The topological polar surface area (TPSA) is 349 Å². The van der Waals surface area contributed by atoms with E-state index in [-0.39, 0.29) is 86.9 Å². The molecule has 3 aliphatic heterocycles. The summed E-state index contributed by atoms with van der Waals surface area (Å²) < 4.78 is 0. The van der Waals surface area contributed by atoms with Crippen LogP contribution in [0.5, 0.6) is 5.75 Å². The van der Waals surface area contributed by atoms with E-state index < -0.39 is 95.5 Å². The van der Waals surface area contributed by atoms with Crippen LogP contribution in [0.3, 0.4) is 0 Å². The fourth-order valence-corrected chi connectivity index (χ4v) is 12.0. The van der Waals surface area contributed by atoms with Crippen molar-refractivity contribution in [3.05, 3.63) is 83.9 Å². The highest BCUT2D eigenvalue weighted by molar-refractivity contribution is 8.77. The Morgan fingerprint density at radius 1 is 0.863 bits per heavy atom. The molecule has 25 heteroatoms. The second kappa shape index (κ2) is 26.2. The van der Waals surface area contributed by atoms with Crippen molar-refractivity contribution >= 4 is 74.9 Å². The number of likely N-dealkylation sites (tertiary alicyclic amines) is 1. The number of carboxylic acid groups (broad SMARTS) is 1. The number of hydrogen-bond donors (Lipinski definition) is 11. The number of nitrogens with two attached hydrogens (primary N) is 2. The maximum Gasteiger partial charge on any atom is 0.326 e. The number of rotatable bonds is 22. The molecule has 3 saturated heterocycles. The summed E-state index contributed by atoms with van der Waals surface area (Å²) in [5, 5.41) is 36.1. The Morgan fingerprint density at radius 2 is 1.55 bits per heavy atom. The minimum atomic E-state index is -1.30. The van der Waals surface area contributed by atoms with Crippen LogP contribution in [0.25, 0.3) is 0 Å². The molecule has 6 rings (SSSR count). The highest BCUT2D eigenvalue weighted by Gasteiger charge is 2.48. The maximum absolute atomic E-state index is 15.1. The van der Waals surface area contributed by atoms with Crippen molar-refractivity contribution in [1.29, 1.82) is 0 Å². The van der Waals surface area contributed by atoms with Gasteiger partial charge < -0.3 is 68.4 Å². The number of carbonyl (C=O) groups is 8. The van der Waals surface area contributed by atoms with Gasteiger partial charge in [-0.05, 0) is 61.9 Å². The number of fused-ring (bicyclic) bond motifs is 4. The molecule has 394 valence electrons. The number of H-pyrrole nitrogens is 1. The number of phenolic OH excluding ortho intramolecular Hbond substituents is 1. The first-order valence-electron chi connectivity index (χ1n) is 24.1. The molecule has 4 heterocycles. The molecule has 0 spiro atoms. The quantitative estimate of drug-likeness (QED) is 0.0247. The summed E-state index contributed by atoms with van der Waals surface area (Å²) in [6.45, 7) is 3.70. The predicted molar refractivity (Wildman–Crippen MR) is 273 cm³/mol. The number of carbonyl (C=O) groups excluding carboxylic acids is 7. The first-order valence-corrected chi connectivity index (χ1v) is 26.3. The highest BCUT2D eigenvalue weighted by atomic mass is 33.1. The molecule has 2 aromatic carbocycles. The van der Waals surface area contributed by atoms with Gasteiger partial charge in [0, 0.05) is 61.3 Å². The van der Waals surface area contributed by atoms with E-state index in [1.807, 2.05) is 0 Å². The number of nitrogens with zero attached hydrogens (tertiary/aromatic N) is 4. The number of aromatic nitrogens is 2. The van der Waals surface area contributed by atoms with Crippen LogP contribution >= 0.6 is 21.6 Å². The standard InChI is InChI=1S/C48H65N13O10S2/c1-26(2)40(59-41(64)33(55-39(63)22-51-3)10-7-15-53-48(49)50)44(67)57-34(16-28-11-13-30(62)14-12-28)45(68)60-23-31-19-37(60)42(65)56-35(18-29-21-52-25-54-29)46(69)61-24-32(73-72-31)20-38(61)43(66)58-36(47(70)71)17-27-8-5-4-6-9-27/h4-6,8-9,11-14,21,25-26,31-38,40,51,62H,7,10,15-20,22-24H2,1-3H3,(H,52,54)(H,55,63)(H,56,65)(H,57,67)(H,58,66)(H,59,64)(H,70,71)(H4,49,50,53)/t31?,32?,33-,34-,35-,36-,37-,38-,40-/m0/s1. The molecule has 73 heavy (non-hydrogen) atoms. The zero-order valence-corrected chi connectivity index (χ0v) is 42.5. The van der Waals surface area contributed by atoms with E-state index in [0.717, 1.165) is 0 Å². The highest BCUT2D eigenvalue weighted by Crippen LogP contribution is 2.42. The monoisotopic (exact) mass is 1050 g/mol. The summed E-state index contributed by atoms with van der Waals surface area (Å²) in [4.78, 5) is 126. The lowest BCUT2D eigenvalue weighted by atomic mass is 9.99. The molecule has 0 saturated carbocycles. The van der Waals surface area contributed by atoms with E-state index in [1.54, 1.807) is 63.4 Å². The number of amides is 7. The van der Waals surface area contributed by atoms with E-state index in [4.69, 9.17) is 11.5 Å². The number of benzene rings is 2. The molecule has 1 aromatic heterocycles. The van der Waals surface area contributed by atoms with Gasteiger partial charge in [0.25, 0.3) is 0 Å². The van der Waals surface area contributed by atoms with E-state index >= 15 is 4.79 Å².